The SMILES string of the molecule is CCC(CSC)NCc1cc(Cl)c2c(c1)OCCCO2. The molecular weight excluding hydrogens is 294 g/mol. The van der Waals surface area contributed by atoms with E-state index < -0.39 is 0 Å². The second kappa shape index (κ2) is 8.01. The summed E-state index contributed by atoms with van der Waals surface area (Å²) in [6, 6.07) is 4.53. The molecule has 112 valence electrons. The minimum absolute atomic E-state index is 0.528. The van der Waals surface area contributed by atoms with Crippen molar-refractivity contribution in [1.82, 2.24) is 5.32 Å². The van der Waals surface area contributed by atoms with Crippen molar-refractivity contribution in [2.24, 2.45) is 0 Å². The molecule has 1 aliphatic rings. The van der Waals surface area contributed by atoms with Crippen molar-refractivity contribution in [1.29, 1.82) is 0 Å². The van der Waals surface area contributed by atoms with Crippen LogP contribution in [0, 0.1) is 0 Å². The minimum Gasteiger partial charge on any atom is -0.489 e. The van der Waals surface area contributed by atoms with E-state index >= 15 is 0 Å². The molecule has 0 saturated carbocycles. The van der Waals surface area contributed by atoms with Gasteiger partial charge in [-0.05, 0) is 30.4 Å². The average molecular weight is 316 g/mol. The molecule has 0 amide bonds. The van der Waals surface area contributed by atoms with E-state index in [0.29, 0.717) is 30.0 Å². The second-order valence-corrected chi connectivity index (χ2v) is 6.21. The second-order valence-electron chi connectivity index (χ2n) is 4.90. The molecule has 1 aromatic carbocycles. The summed E-state index contributed by atoms with van der Waals surface area (Å²) in [5.41, 5.74) is 1.14. The van der Waals surface area contributed by atoms with E-state index in [1.54, 1.807) is 0 Å². The van der Waals surface area contributed by atoms with Gasteiger partial charge < -0.3 is 14.8 Å². The van der Waals surface area contributed by atoms with Crippen molar-refractivity contribution in [3.63, 3.8) is 0 Å². The maximum atomic E-state index is 6.29. The molecule has 1 unspecified atom stereocenters. The van der Waals surface area contributed by atoms with Crippen LogP contribution in [0.25, 0.3) is 0 Å². The van der Waals surface area contributed by atoms with E-state index in [2.05, 4.69) is 18.5 Å². The lowest BCUT2D eigenvalue weighted by atomic mass is 10.1. The van der Waals surface area contributed by atoms with Crippen molar-refractivity contribution in [2.75, 3.05) is 25.2 Å². The van der Waals surface area contributed by atoms with Crippen LogP contribution in [-0.4, -0.2) is 31.3 Å². The summed E-state index contributed by atoms with van der Waals surface area (Å²) in [4.78, 5) is 0. The summed E-state index contributed by atoms with van der Waals surface area (Å²) in [5, 5.41) is 4.20. The Labute approximate surface area is 130 Å². The maximum absolute atomic E-state index is 6.29. The van der Waals surface area contributed by atoms with Crippen LogP contribution in [0.4, 0.5) is 0 Å². The third-order valence-electron chi connectivity index (χ3n) is 3.32. The first kappa shape index (κ1) is 15.8. The molecule has 0 bridgehead atoms. The zero-order valence-electron chi connectivity index (χ0n) is 12.1. The summed E-state index contributed by atoms with van der Waals surface area (Å²) in [6.07, 6.45) is 4.15. The molecule has 1 aliphatic heterocycles. The first-order valence-electron chi connectivity index (χ1n) is 7.05. The molecule has 2 rings (SSSR count). The van der Waals surface area contributed by atoms with E-state index in [1.807, 2.05) is 23.9 Å². The Morgan fingerprint density at radius 2 is 2.15 bits per heavy atom. The molecule has 0 radical (unpaired) electrons. The molecule has 0 aliphatic carbocycles. The van der Waals surface area contributed by atoms with E-state index in [9.17, 15) is 0 Å². The lowest BCUT2D eigenvalue weighted by molar-refractivity contribution is 0.297. The molecule has 1 aromatic rings. The standard InChI is InChI=1S/C15H22ClNO2S/c1-3-12(10-20-2)17-9-11-7-13(16)15-14(8-11)18-5-4-6-19-15/h7-8,12,17H,3-6,9-10H2,1-2H3. The quantitative estimate of drug-likeness (QED) is 0.866. The molecule has 20 heavy (non-hydrogen) atoms. The number of hydrogen-bond acceptors (Lipinski definition) is 4. The summed E-state index contributed by atoms with van der Waals surface area (Å²) in [5.74, 6) is 2.57. The van der Waals surface area contributed by atoms with Gasteiger partial charge in [-0.3, -0.25) is 0 Å². The number of benzene rings is 1. The van der Waals surface area contributed by atoms with Crippen LogP contribution in [-0.2, 0) is 6.54 Å². The predicted molar refractivity (Wildman–Crippen MR) is 86.4 cm³/mol. The van der Waals surface area contributed by atoms with Crippen LogP contribution in [0.3, 0.4) is 0 Å². The number of nitrogens with one attached hydrogen (secondary N) is 1. The van der Waals surface area contributed by atoms with Gasteiger partial charge in [0, 0.05) is 24.8 Å². The van der Waals surface area contributed by atoms with Crippen LogP contribution in [0.15, 0.2) is 12.1 Å². The van der Waals surface area contributed by atoms with Gasteiger partial charge in [-0.1, -0.05) is 18.5 Å². The van der Waals surface area contributed by atoms with Crippen molar-refractivity contribution >= 4 is 23.4 Å². The summed E-state index contributed by atoms with van der Waals surface area (Å²) < 4.78 is 11.3. The lowest BCUT2D eigenvalue weighted by Gasteiger charge is -2.17. The van der Waals surface area contributed by atoms with Crippen LogP contribution in [0.5, 0.6) is 11.5 Å². The Kier molecular flexibility index (Phi) is 6.33. The Hall–Kier alpha value is -0.580. The molecule has 3 nitrogen and oxygen atoms in total. The molecule has 1 atom stereocenters. The van der Waals surface area contributed by atoms with Crippen molar-refractivity contribution in [3.8, 4) is 11.5 Å². The smallest absolute Gasteiger partial charge is 0.179 e. The van der Waals surface area contributed by atoms with Gasteiger partial charge in [-0.15, -0.1) is 0 Å². The van der Waals surface area contributed by atoms with Gasteiger partial charge >= 0.3 is 0 Å². The molecule has 0 saturated heterocycles. The van der Waals surface area contributed by atoms with Crippen molar-refractivity contribution in [3.05, 3.63) is 22.7 Å². The molecule has 5 heteroatoms. The van der Waals surface area contributed by atoms with Gasteiger partial charge in [-0.2, -0.15) is 11.8 Å². The van der Waals surface area contributed by atoms with Gasteiger partial charge in [0.05, 0.1) is 18.2 Å². The molecule has 0 spiro atoms. The fraction of sp³-hybridized carbons (Fsp3) is 0.600. The zero-order chi connectivity index (χ0) is 14.4. The van der Waals surface area contributed by atoms with E-state index in [1.165, 1.54) is 0 Å². The Balaban J connectivity index is 2.05. The number of thioether (sulfide) groups is 1. The lowest BCUT2D eigenvalue weighted by Crippen LogP contribution is -2.30. The summed E-state index contributed by atoms with van der Waals surface area (Å²) in [7, 11) is 0. The highest BCUT2D eigenvalue weighted by Gasteiger charge is 2.16. The molecular formula is C15H22ClNO2S. The van der Waals surface area contributed by atoms with E-state index in [0.717, 1.165) is 36.5 Å². The molecule has 0 aromatic heterocycles. The Bertz CT molecular complexity index is 442. The van der Waals surface area contributed by atoms with Gasteiger partial charge in [0.25, 0.3) is 0 Å². The van der Waals surface area contributed by atoms with Gasteiger partial charge in [0.1, 0.15) is 0 Å². The highest BCUT2D eigenvalue weighted by atomic mass is 35.5. The van der Waals surface area contributed by atoms with Crippen LogP contribution in [0.1, 0.15) is 25.3 Å². The Morgan fingerprint density at radius 1 is 1.35 bits per heavy atom. The summed E-state index contributed by atoms with van der Waals surface area (Å²) in [6.45, 7) is 4.35. The number of hydrogen-bond donors (Lipinski definition) is 1. The fourth-order valence-electron chi connectivity index (χ4n) is 2.17. The zero-order valence-corrected chi connectivity index (χ0v) is 13.6. The van der Waals surface area contributed by atoms with Crippen molar-refractivity contribution < 1.29 is 9.47 Å². The van der Waals surface area contributed by atoms with Crippen molar-refractivity contribution in [2.45, 2.75) is 32.4 Å². The van der Waals surface area contributed by atoms with E-state index in [-0.39, 0.29) is 0 Å². The monoisotopic (exact) mass is 315 g/mol. The van der Waals surface area contributed by atoms with Gasteiger partial charge in [0.15, 0.2) is 11.5 Å². The highest BCUT2D eigenvalue weighted by Crippen LogP contribution is 2.37. The number of rotatable bonds is 6. The summed E-state index contributed by atoms with van der Waals surface area (Å²) >= 11 is 8.16. The largest absolute Gasteiger partial charge is 0.489 e. The van der Waals surface area contributed by atoms with Crippen LogP contribution < -0.4 is 14.8 Å². The number of halogens is 1. The van der Waals surface area contributed by atoms with Gasteiger partial charge in [-0.25, -0.2) is 0 Å². The van der Waals surface area contributed by atoms with Crippen LogP contribution >= 0.6 is 23.4 Å². The normalized spacial score (nSPS) is 15.8. The third kappa shape index (κ3) is 4.21. The molecule has 0 fully saturated rings. The molecule has 1 heterocycles. The highest BCUT2D eigenvalue weighted by molar-refractivity contribution is 7.98. The van der Waals surface area contributed by atoms with Gasteiger partial charge in [0.2, 0.25) is 0 Å². The van der Waals surface area contributed by atoms with E-state index in [4.69, 9.17) is 21.1 Å². The maximum Gasteiger partial charge on any atom is 0.179 e. The third-order valence-corrected chi connectivity index (χ3v) is 4.33. The Morgan fingerprint density at radius 3 is 2.90 bits per heavy atom. The predicted octanol–water partition coefficient (Wildman–Crippen LogP) is 3.73. The molecule has 1 N–H and O–H groups in total. The number of fused-ring (bicyclic) bond motifs is 1. The fourth-order valence-corrected chi connectivity index (χ4v) is 3.21. The average Bonchev–Trinajstić information content (AvgIpc) is 2.69. The minimum atomic E-state index is 0.528. The number of ether oxygens (including phenoxy) is 2. The van der Waals surface area contributed by atoms with Crippen LogP contribution in [0.2, 0.25) is 5.02 Å². The topological polar surface area (TPSA) is 30.5 Å². The first-order valence-corrected chi connectivity index (χ1v) is 8.82. The first-order chi connectivity index (χ1) is 9.74.